The van der Waals surface area contributed by atoms with E-state index < -0.39 is 5.82 Å². The van der Waals surface area contributed by atoms with Gasteiger partial charge in [0.05, 0.1) is 19.3 Å². The molecule has 2 aliphatic heterocycles. The summed E-state index contributed by atoms with van der Waals surface area (Å²) in [5.74, 6) is 0.302. The van der Waals surface area contributed by atoms with Gasteiger partial charge in [0.15, 0.2) is 17.0 Å². The van der Waals surface area contributed by atoms with E-state index in [4.69, 9.17) is 10.5 Å². The van der Waals surface area contributed by atoms with Gasteiger partial charge in [0.25, 0.3) is 0 Å². The third-order valence-electron chi connectivity index (χ3n) is 7.46. The van der Waals surface area contributed by atoms with E-state index in [-0.39, 0.29) is 11.8 Å². The molecule has 0 aliphatic carbocycles. The average Bonchev–Trinajstić information content (AvgIpc) is 3.58. The minimum absolute atomic E-state index is 0.189. The Morgan fingerprint density at radius 1 is 0.973 bits per heavy atom. The molecule has 192 valence electrons. The van der Waals surface area contributed by atoms with Crippen LogP contribution in [-0.4, -0.2) is 72.6 Å². The van der Waals surface area contributed by atoms with Crippen molar-refractivity contribution in [2.24, 2.45) is 0 Å². The number of aromatic nitrogens is 5. The lowest BCUT2D eigenvalue weighted by molar-refractivity contribution is 0.127. The number of hydrogen-bond acceptors (Lipinski definition) is 8. The molecule has 0 saturated carbocycles. The number of piperazine rings is 1. The van der Waals surface area contributed by atoms with Gasteiger partial charge in [0.1, 0.15) is 11.6 Å². The molecule has 2 N–H and O–H groups in total. The van der Waals surface area contributed by atoms with Crippen LogP contribution in [0.1, 0.15) is 31.4 Å². The number of nitrogens with zero attached hydrogens (tertiary/aromatic N) is 7. The summed E-state index contributed by atoms with van der Waals surface area (Å²) < 4.78 is 21.5. The first-order chi connectivity index (χ1) is 18.0. The van der Waals surface area contributed by atoms with Crippen LogP contribution < -0.4 is 10.5 Å². The van der Waals surface area contributed by atoms with Crippen LogP contribution in [0.4, 0.5) is 10.2 Å². The lowest BCUT2D eigenvalue weighted by Crippen LogP contribution is -2.45. The van der Waals surface area contributed by atoms with Gasteiger partial charge in [-0.1, -0.05) is 31.2 Å². The number of nitrogens with two attached hydrogens (primary N) is 1. The Kier molecular flexibility index (Phi) is 6.21. The average molecular weight is 503 g/mol. The van der Waals surface area contributed by atoms with Crippen LogP contribution in [0.15, 0.2) is 42.7 Å². The second-order valence-corrected chi connectivity index (χ2v) is 9.79. The Hall–Kier alpha value is -3.63. The molecule has 0 radical (unpaired) electrons. The highest BCUT2D eigenvalue weighted by Crippen LogP contribution is 2.32. The maximum absolute atomic E-state index is 14.0. The Morgan fingerprint density at radius 3 is 2.38 bits per heavy atom. The number of hydrogen-bond donors (Lipinski definition) is 1. The number of nitrogen functional groups attached to an aromatic ring is 1. The fourth-order valence-electron chi connectivity index (χ4n) is 5.68. The number of likely N-dealkylation sites (tertiary alicyclic amines) is 2. The van der Waals surface area contributed by atoms with Crippen molar-refractivity contribution in [2.45, 2.75) is 45.4 Å². The van der Waals surface area contributed by atoms with E-state index in [2.05, 4.69) is 60.9 Å². The zero-order chi connectivity index (χ0) is 25.5. The van der Waals surface area contributed by atoms with Crippen molar-refractivity contribution in [2.75, 3.05) is 32.0 Å². The first-order valence-electron chi connectivity index (χ1n) is 12.9. The van der Waals surface area contributed by atoms with E-state index in [1.165, 1.54) is 30.8 Å². The highest BCUT2D eigenvalue weighted by atomic mass is 19.1. The van der Waals surface area contributed by atoms with Crippen molar-refractivity contribution >= 4 is 17.0 Å². The van der Waals surface area contributed by atoms with Crippen LogP contribution in [0.25, 0.3) is 22.6 Å². The van der Waals surface area contributed by atoms with Crippen molar-refractivity contribution in [1.29, 1.82) is 0 Å². The highest BCUT2D eigenvalue weighted by Gasteiger charge is 2.42. The third kappa shape index (κ3) is 4.51. The maximum atomic E-state index is 14.0. The molecule has 3 aromatic heterocycles. The quantitative estimate of drug-likeness (QED) is 0.392. The summed E-state index contributed by atoms with van der Waals surface area (Å²) in [6, 6.07) is 11.6. The highest BCUT2D eigenvalue weighted by molar-refractivity contribution is 5.85. The smallest absolute Gasteiger partial charge is 0.320 e. The summed E-state index contributed by atoms with van der Waals surface area (Å²) in [6.45, 7) is 9.44. The number of ether oxygens (including phenoxy) is 1. The Bertz CT molecular complexity index is 1420. The van der Waals surface area contributed by atoms with Crippen molar-refractivity contribution in [3.63, 3.8) is 0 Å². The largest absolute Gasteiger partial charge is 0.464 e. The van der Waals surface area contributed by atoms with Crippen LogP contribution in [0.3, 0.4) is 0 Å². The molecule has 2 saturated heterocycles. The number of rotatable bonds is 8. The first kappa shape index (κ1) is 23.7. The van der Waals surface area contributed by atoms with Crippen molar-refractivity contribution in [1.82, 2.24) is 34.3 Å². The minimum Gasteiger partial charge on any atom is -0.464 e. The number of pyridine rings is 1. The number of benzene rings is 1. The van der Waals surface area contributed by atoms with Gasteiger partial charge in [-0.25, -0.2) is 9.37 Å². The van der Waals surface area contributed by atoms with Crippen LogP contribution >= 0.6 is 0 Å². The lowest BCUT2D eigenvalue weighted by Gasteiger charge is -2.33. The van der Waals surface area contributed by atoms with Gasteiger partial charge in [0, 0.05) is 43.5 Å². The van der Waals surface area contributed by atoms with Crippen LogP contribution in [0, 0.1) is 5.82 Å². The summed E-state index contributed by atoms with van der Waals surface area (Å²) in [5.41, 5.74) is 10.1. The first-order valence-corrected chi connectivity index (χ1v) is 12.9. The molecular weight excluding hydrogens is 471 g/mol. The second kappa shape index (κ2) is 9.68. The summed E-state index contributed by atoms with van der Waals surface area (Å²) in [6.07, 6.45) is 4.04. The van der Waals surface area contributed by atoms with Gasteiger partial charge < -0.3 is 15.0 Å². The summed E-state index contributed by atoms with van der Waals surface area (Å²) in [4.78, 5) is 22.7. The summed E-state index contributed by atoms with van der Waals surface area (Å²) in [7, 11) is 0. The fourth-order valence-corrected chi connectivity index (χ4v) is 5.68. The molecular formula is C27H31FN8O. The molecule has 0 unspecified atom stereocenters. The van der Waals surface area contributed by atoms with E-state index >= 15 is 0 Å². The molecule has 2 fully saturated rings. The number of halogens is 1. The van der Waals surface area contributed by atoms with Gasteiger partial charge >= 0.3 is 6.01 Å². The zero-order valence-corrected chi connectivity index (χ0v) is 21.1. The number of fused-ring (bicyclic) bond motifs is 3. The molecule has 2 bridgehead atoms. The van der Waals surface area contributed by atoms with Crippen molar-refractivity contribution < 1.29 is 9.13 Å². The van der Waals surface area contributed by atoms with Crippen molar-refractivity contribution in [3.8, 4) is 17.4 Å². The molecule has 5 heterocycles. The monoisotopic (exact) mass is 502 g/mol. The molecule has 6 rings (SSSR count). The fraction of sp³-hybridized carbons (Fsp3) is 0.407. The minimum atomic E-state index is -0.438. The molecule has 2 atom stereocenters. The van der Waals surface area contributed by atoms with Gasteiger partial charge in [-0.2, -0.15) is 9.97 Å². The SMILES string of the molecule is CCOc1nc(N)c2nc(-c3cncc(F)c3)n(Cc3ccc(CN4C[C@@H]5C[C@H]4CN5CC)cc3)c2n1. The predicted octanol–water partition coefficient (Wildman–Crippen LogP) is 3.34. The standard InChI is InChI=1S/C27H31FN8O/c1-3-34-15-22-10-21(34)16-35(22)13-17-5-7-18(8-6-17)14-36-25(19-9-20(28)12-30-11-19)31-23-24(29)32-27(37-4-2)33-26(23)36/h5-9,11-12,21-22H,3-4,10,13-16H2,1-2H3,(H2,29,32,33)/t21-,22-/m0/s1. The number of imidazole rings is 1. The summed E-state index contributed by atoms with van der Waals surface area (Å²) in [5, 5.41) is 0. The Balaban J connectivity index is 1.29. The van der Waals surface area contributed by atoms with Gasteiger partial charge in [-0.3, -0.25) is 14.8 Å². The molecule has 0 amide bonds. The summed E-state index contributed by atoms with van der Waals surface area (Å²) >= 11 is 0. The predicted molar refractivity (Wildman–Crippen MR) is 139 cm³/mol. The molecule has 10 heteroatoms. The van der Waals surface area contributed by atoms with Crippen LogP contribution in [0.5, 0.6) is 6.01 Å². The van der Waals surface area contributed by atoms with E-state index in [0.29, 0.717) is 47.8 Å². The molecule has 9 nitrogen and oxygen atoms in total. The molecule has 0 spiro atoms. The van der Waals surface area contributed by atoms with Crippen LogP contribution in [0.2, 0.25) is 0 Å². The van der Waals surface area contributed by atoms with Crippen molar-refractivity contribution in [3.05, 3.63) is 59.7 Å². The molecule has 2 aliphatic rings. The van der Waals surface area contributed by atoms with E-state index in [9.17, 15) is 4.39 Å². The normalized spacial score (nSPS) is 19.8. The number of anilines is 1. The van der Waals surface area contributed by atoms with Gasteiger partial charge in [-0.05, 0) is 37.1 Å². The lowest BCUT2D eigenvalue weighted by atomic mass is 10.1. The number of likely N-dealkylation sites (N-methyl/N-ethyl adjacent to an activating group) is 1. The Morgan fingerprint density at radius 2 is 1.70 bits per heavy atom. The van der Waals surface area contributed by atoms with E-state index in [1.54, 1.807) is 6.20 Å². The van der Waals surface area contributed by atoms with Crippen LogP contribution in [-0.2, 0) is 13.1 Å². The van der Waals surface area contributed by atoms with E-state index in [1.807, 2.05) is 11.5 Å². The van der Waals surface area contributed by atoms with Gasteiger partial charge in [0.2, 0.25) is 0 Å². The second-order valence-electron chi connectivity index (χ2n) is 9.79. The Labute approximate surface area is 215 Å². The molecule has 4 aromatic rings. The molecule has 1 aromatic carbocycles. The topological polar surface area (TPSA) is 98.2 Å². The van der Waals surface area contributed by atoms with E-state index in [0.717, 1.165) is 25.2 Å². The molecule has 37 heavy (non-hydrogen) atoms. The third-order valence-corrected chi connectivity index (χ3v) is 7.46. The zero-order valence-electron chi connectivity index (χ0n) is 21.1. The van der Waals surface area contributed by atoms with Gasteiger partial charge in [-0.15, -0.1) is 0 Å². The maximum Gasteiger partial charge on any atom is 0.320 e.